The fourth-order valence-corrected chi connectivity index (χ4v) is 17.9. The fraction of sp³-hybridized carbons (Fsp3) is 0.441. The molecular weight excluding hydrogens is 1460 g/mol. The van der Waals surface area contributed by atoms with Crippen molar-refractivity contribution in [1.82, 2.24) is 0 Å². The number of benzene rings is 11. The number of hydrogen-bond acceptors (Lipinski definition) is 2. The molecule has 0 N–H and O–H groups in total. The highest BCUT2D eigenvalue weighted by Crippen LogP contribution is 2.58. The number of fused-ring (bicyclic) bond motifs is 4. The van der Waals surface area contributed by atoms with Gasteiger partial charge < -0.3 is 9.80 Å². The van der Waals surface area contributed by atoms with Gasteiger partial charge in [0.05, 0.1) is 11.4 Å². The third-order valence-corrected chi connectivity index (χ3v) is 26.4. The van der Waals surface area contributed by atoms with Crippen molar-refractivity contribution in [2.24, 2.45) is 0 Å². The van der Waals surface area contributed by atoms with Crippen LogP contribution in [0.1, 0.15) is 342 Å². The zero-order valence-electron chi connectivity index (χ0n) is 82.4. The fourth-order valence-electron chi connectivity index (χ4n) is 17.9. The normalized spacial score (nSPS) is 14.2. The van der Waals surface area contributed by atoms with Crippen LogP contribution in [0.15, 0.2) is 194 Å². The first kappa shape index (κ1) is 89.8. The molecule has 2 nitrogen and oxygen atoms in total. The summed E-state index contributed by atoms with van der Waals surface area (Å²) in [5, 5.41) is 0. The van der Waals surface area contributed by atoms with Gasteiger partial charge in [-0.05, 0) is 252 Å². The highest BCUT2D eigenvalue weighted by atomic mass is 15.2. The molecule has 2 aliphatic rings. The molecule has 0 aliphatic carbocycles. The molecule has 11 aromatic rings. The smallest absolute Gasteiger partial charge is 0.252 e. The van der Waals surface area contributed by atoms with Crippen molar-refractivity contribution in [3.05, 3.63) is 266 Å². The molecule has 0 aromatic heterocycles. The number of nitrogens with zero attached hydrogens (tertiary/aromatic N) is 2. The minimum Gasteiger partial charge on any atom is -0.310 e. The summed E-state index contributed by atoms with van der Waals surface area (Å²) >= 11 is 0. The van der Waals surface area contributed by atoms with Gasteiger partial charge in [0.25, 0.3) is 6.71 Å². The van der Waals surface area contributed by atoms with Crippen LogP contribution in [0.4, 0.5) is 34.1 Å². The van der Waals surface area contributed by atoms with Gasteiger partial charge in [-0.25, -0.2) is 0 Å². The van der Waals surface area contributed by atoms with E-state index in [1.807, 2.05) is 0 Å². The van der Waals surface area contributed by atoms with Crippen molar-refractivity contribution >= 4 is 57.2 Å². The van der Waals surface area contributed by atoms with E-state index in [0.29, 0.717) is 0 Å². The molecule has 121 heavy (non-hydrogen) atoms. The number of hydrogen-bond donors (Lipinski definition) is 0. The molecule has 0 radical (unpaired) electrons. The Morgan fingerprint density at radius 1 is 0.165 bits per heavy atom. The highest BCUT2D eigenvalue weighted by molar-refractivity contribution is 7.00. The molecule has 0 amide bonds. The van der Waals surface area contributed by atoms with Crippen LogP contribution in [0.25, 0.3) is 66.8 Å². The van der Waals surface area contributed by atoms with E-state index in [9.17, 15) is 0 Å². The Kier molecular flexibility index (Phi) is 22.2. The summed E-state index contributed by atoms with van der Waals surface area (Å²) < 4.78 is 0. The third kappa shape index (κ3) is 17.9. The number of rotatable bonds is 8. The summed E-state index contributed by atoms with van der Waals surface area (Å²) in [6, 6.07) is 80.9. The molecule has 0 saturated carbocycles. The number of anilines is 6. The lowest BCUT2D eigenvalue weighted by Crippen LogP contribution is -2.61. The van der Waals surface area contributed by atoms with Gasteiger partial charge >= 0.3 is 0 Å². The first-order chi connectivity index (χ1) is 55.2. The Morgan fingerprint density at radius 3 is 0.711 bits per heavy atom. The second-order valence-electron chi connectivity index (χ2n) is 50.0. The molecule has 0 saturated heterocycles. The SMILES string of the molecule is CC(C)(C)c1ccc(-c2cc(C(C)(C)C)cc(-c3cc(C(C)(C)C)cc(C(C)(C)C)c3)c2N2c3cc(-c4cc(C(C)(C)C)cc(C(C)(C)C)c4)ccc3B3c4ccc(-c5cc(C(C)(C)C)cc(C(C)(C)C)c5)cc4N(c4c(-c5ccc(C(C)(C)C)cc5)cc(C(C)(C)C)cc4-c4ccc(C(C)(C)C)cc4C(C)(C)C)c4cc(C(C)(C)C)cc2c43)cc1. The van der Waals surface area contributed by atoms with Gasteiger partial charge in [-0.3, -0.25) is 0 Å². The molecule has 0 spiro atoms. The lowest BCUT2D eigenvalue weighted by Gasteiger charge is -2.47. The van der Waals surface area contributed by atoms with Crippen molar-refractivity contribution in [3.63, 3.8) is 0 Å². The maximum atomic E-state index is 2.85. The zero-order valence-corrected chi connectivity index (χ0v) is 82.4. The summed E-state index contributed by atoms with van der Waals surface area (Å²) in [5.74, 6) is 0. The molecule has 11 aromatic carbocycles. The van der Waals surface area contributed by atoms with Crippen molar-refractivity contribution < 1.29 is 0 Å². The molecule has 2 heterocycles. The molecule has 13 rings (SSSR count). The second kappa shape index (κ2) is 29.9. The minimum absolute atomic E-state index is 0.0705. The van der Waals surface area contributed by atoms with Gasteiger partial charge in [0.15, 0.2) is 0 Å². The van der Waals surface area contributed by atoms with Crippen molar-refractivity contribution in [3.8, 4) is 66.8 Å². The van der Waals surface area contributed by atoms with Crippen LogP contribution in [0.5, 0.6) is 0 Å². The topological polar surface area (TPSA) is 6.48 Å². The van der Waals surface area contributed by atoms with E-state index in [2.05, 4.69) is 474 Å². The largest absolute Gasteiger partial charge is 0.310 e. The van der Waals surface area contributed by atoms with Crippen molar-refractivity contribution in [1.29, 1.82) is 0 Å². The maximum absolute atomic E-state index is 2.85. The van der Waals surface area contributed by atoms with Crippen molar-refractivity contribution in [2.75, 3.05) is 9.80 Å². The van der Waals surface area contributed by atoms with Gasteiger partial charge in [-0.1, -0.05) is 416 Å². The van der Waals surface area contributed by atoms with Crippen LogP contribution in [0.2, 0.25) is 0 Å². The molecule has 0 unspecified atom stereocenters. The van der Waals surface area contributed by atoms with E-state index in [1.165, 1.54) is 190 Å². The van der Waals surface area contributed by atoms with E-state index in [1.54, 1.807) is 0 Å². The van der Waals surface area contributed by atoms with Crippen LogP contribution in [0.3, 0.4) is 0 Å². The molecular formula is C118H149BN2. The summed E-state index contributed by atoms with van der Waals surface area (Å²) in [4.78, 5) is 5.70. The van der Waals surface area contributed by atoms with Crippen LogP contribution in [-0.2, 0) is 70.4 Å². The van der Waals surface area contributed by atoms with Crippen LogP contribution < -0.4 is 26.2 Å². The van der Waals surface area contributed by atoms with Crippen LogP contribution >= 0.6 is 0 Å². The third-order valence-electron chi connectivity index (χ3n) is 26.4. The minimum atomic E-state index is -0.365. The van der Waals surface area contributed by atoms with Crippen molar-refractivity contribution in [2.45, 2.75) is 340 Å². The average molecular weight is 1610 g/mol. The summed E-state index contributed by atoms with van der Waals surface area (Å²) in [7, 11) is 0. The highest BCUT2D eigenvalue weighted by Gasteiger charge is 2.48. The van der Waals surface area contributed by atoms with E-state index in [0.717, 1.165) is 0 Å². The predicted octanol–water partition coefficient (Wildman–Crippen LogP) is 32.6. The van der Waals surface area contributed by atoms with E-state index in [-0.39, 0.29) is 77.1 Å². The average Bonchev–Trinajstić information content (AvgIpc) is 0.683. The van der Waals surface area contributed by atoms with Gasteiger partial charge in [0.1, 0.15) is 0 Å². The van der Waals surface area contributed by atoms with Gasteiger partial charge in [0, 0.05) is 45.0 Å². The lowest BCUT2D eigenvalue weighted by molar-refractivity contribution is 0.568. The van der Waals surface area contributed by atoms with E-state index < -0.39 is 0 Å². The Hall–Kier alpha value is -8.92. The monoisotopic (exact) mass is 1610 g/mol. The van der Waals surface area contributed by atoms with Gasteiger partial charge in [-0.15, -0.1) is 0 Å². The summed E-state index contributed by atoms with van der Waals surface area (Å²) in [6.45, 7) is 93.1. The molecule has 3 heteroatoms. The van der Waals surface area contributed by atoms with E-state index >= 15 is 0 Å². The Morgan fingerprint density at radius 2 is 0.413 bits per heavy atom. The second-order valence-corrected chi connectivity index (χ2v) is 50.0. The lowest BCUT2D eigenvalue weighted by atomic mass is 9.33. The molecule has 0 atom stereocenters. The molecule has 0 fully saturated rings. The molecule has 2 aliphatic heterocycles. The standard InChI is InChI=1S/C118H149BN2/c1-106(2,3)79-46-40-72(41-47-79)92-65-88(115(28,29)30)67-94(78-58-86(113(22,23)24)64-87(59-78)114(25,26)27)104(92)120-99-60-74(76-54-82(109(10,11)12)62-83(55-76)110(13,14)15)44-52-97(99)119-98-53-45-75(77-56-84(111(16,17)18)63-85(57-77)112(19,20)21)61-100(98)121(102-71-90(117(34,35)36)70-101(120)103(102)119)105-93(73-42-48-80(49-43-73)107(4,5)6)66-89(116(31,32)33)68-95(105)91-51-50-81(108(7,8)9)69-96(91)118(37,38)39/h40-71H,1-39H3. The summed E-state index contributed by atoms with van der Waals surface area (Å²) in [6.07, 6.45) is 0. The van der Waals surface area contributed by atoms with Crippen LogP contribution in [0, 0.1) is 0 Å². The summed E-state index contributed by atoms with van der Waals surface area (Å²) in [5.41, 5.74) is 40.5. The zero-order chi connectivity index (χ0) is 89.5. The Balaban J connectivity index is 1.33. The first-order valence-corrected chi connectivity index (χ1v) is 45.5. The molecule has 0 bridgehead atoms. The van der Waals surface area contributed by atoms with Gasteiger partial charge in [-0.2, -0.15) is 0 Å². The van der Waals surface area contributed by atoms with E-state index in [4.69, 9.17) is 0 Å². The van der Waals surface area contributed by atoms with Gasteiger partial charge in [0.2, 0.25) is 0 Å². The Bertz CT molecular complexity index is 5730. The quantitative estimate of drug-likeness (QED) is 0.140. The van der Waals surface area contributed by atoms with Crippen LogP contribution in [-0.4, -0.2) is 6.71 Å². The Labute approximate surface area is 735 Å². The maximum Gasteiger partial charge on any atom is 0.252 e. The molecule has 634 valence electrons. The first-order valence-electron chi connectivity index (χ1n) is 45.5. The predicted molar refractivity (Wildman–Crippen MR) is 536 cm³/mol.